The molecule has 0 saturated carbocycles. The molecule has 2 aromatic carbocycles. The molecule has 7 nitrogen and oxygen atoms in total. The number of nitrogens with zero attached hydrogens (tertiary/aromatic N) is 2. The van der Waals surface area contributed by atoms with Gasteiger partial charge in [-0.2, -0.15) is 4.31 Å². The van der Waals surface area contributed by atoms with Gasteiger partial charge < -0.3 is 9.47 Å². The van der Waals surface area contributed by atoms with E-state index in [-0.39, 0.29) is 24.1 Å². The first-order chi connectivity index (χ1) is 15.6. The SMILES string of the molecule is COc1ccc(S(=O)(=O)N2CCC3(C2)C(=O)N(COCC[Si](C)(C)C)c2ccccc23)cc1. The lowest BCUT2D eigenvalue weighted by Gasteiger charge is -2.25. The number of fused-ring (bicyclic) bond motifs is 2. The molecule has 1 unspecified atom stereocenters. The second-order valence-corrected chi connectivity index (χ2v) is 17.5. The molecule has 1 atom stereocenters. The zero-order valence-electron chi connectivity index (χ0n) is 19.7. The highest BCUT2D eigenvalue weighted by atomic mass is 32.2. The van der Waals surface area contributed by atoms with Crippen LogP contribution in [0.5, 0.6) is 5.75 Å². The normalized spacial score (nSPS) is 21.1. The van der Waals surface area contributed by atoms with Crippen molar-refractivity contribution in [2.75, 3.05) is 38.4 Å². The summed E-state index contributed by atoms with van der Waals surface area (Å²) in [6, 6.07) is 15.1. The molecule has 2 heterocycles. The molecule has 1 amide bonds. The van der Waals surface area contributed by atoms with Crippen LogP contribution < -0.4 is 9.64 Å². The van der Waals surface area contributed by atoms with E-state index in [2.05, 4.69) is 19.6 Å². The fraction of sp³-hybridized carbons (Fsp3) is 0.458. The first-order valence-electron chi connectivity index (χ1n) is 11.2. The molecular formula is C24H32N2O5SSi. The highest BCUT2D eigenvalue weighted by Gasteiger charge is 2.56. The standard InChI is InChI=1S/C24H32N2O5SSi/c1-30-19-9-11-20(12-10-19)32(28,29)25-14-13-24(17-25)21-7-5-6-8-22(21)26(23(24)27)18-31-15-16-33(2,3)4/h5-12H,13-18H2,1-4H3. The second kappa shape index (κ2) is 8.86. The first kappa shape index (κ1) is 23.9. The van der Waals surface area contributed by atoms with Gasteiger partial charge in [-0.1, -0.05) is 37.8 Å². The van der Waals surface area contributed by atoms with Crippen molar-refractivity contribution in [3.8, 4) is 5.75 Å². The number of amides is 1. The van der Waals surface area contributed by atoms with Gasteiger partial charge in [-0.05, 0) is 48.4 Å². The number of anilines is 1. The third kappa shape index (κ3) is 4.47. The van der Waals surface area contributed by atoms with Gasteiger partial charge in [0, 0.05) is 27.8 Å². The fourth-order valence-electron chi connectivity index (χ4n) is 4.53. The van der Waals surface area contributed by atoms with Crippen LogP contribution in [-0.2, 0) is 25.0 Å². The molecule has 2 aromatic rings. The lowest BCUT2D eigenvalue weighted by atomic mass is 9.81. The molecule has 9 heteroatoms. The number of hydrogen-bond acceptors (Lipinski definition) is 5. The van der Waals surface area contributed by atoms with E-state index < -0.39 is 23.5 Å². The third-order valence-electron chi connectivity index (χ3n) is 6.51. The number of benzene rings is 2. The van der Waals surface area contributed by atoms with Gasteiger partial charge in [-0.15, -0.1) is 0 Å². The quantitative estimate of drug-likeness (QED) is 0.418. The van der Waals surface area contributed by atoms with Crippen molar-refractivity contribution >= 4 is 29.7 Å². The van der Waals surface area contributed by atoms with Crippen LogP contribution in [-0.4, -0.2) is 60.2 Å². The average molecular weight is 489 g/mol. The van der Waals surface area contributed by atoms with Crippen molar-refractivity contribution in [2.45, 2.75) is 42.4 Å². The Morgan fingerprint density at radius 1 is 1.06 bits per heavy atom. The predicted octanol–water partition coefficient (Wildman–Crippen LogP) is 3.69. The molecule has 1 fully saturated rings. The van der Waals surface area contributed by atoms with Crippen molar-refractivity contribution in [2.24, 2.45) is 0 Å². The molecule has 0 N–H and O–H groups in total. The summed E-state index contributed by atoms with van der Waals surface area (Å²) in [5.74, 6) is 0.514. The monoisotopic (exact) mass is 488 g/mol. The Morgan fingerprint density at radius 2 is 1.76 bits per heavy atom. The summed E-state index contributed by atoms with van der Waals surface area (Å²) >= 11 is 0. The molecule has 1 spiro atoms. The number of sulfonamides is 1. The molecule has 0 bridgehead atoms. The lowest BCUT2D eigenvalue weighted by Crippen LogP contribution is -2.44. The molecule has 0 aromatic heterocycles. The van der Waals surface area contributed by atoms with Gasteiger partial charge in [-0.25, -0.2) is 8.42 Å². The van der Waals surface area contributed by atoms with Gasteiger partial charge in [-0.3, -0.25) is 9.69 Å². The second-order valence-electron chi connectivity index (χ2n) is 9.94. The van der Waals surface area contributed by atoms with Crippen molar-refractivity contribution in [3.05, 3.63) is 54.1 Å². The number of methoxy groups -OCH3 is 1. The van der Waals surface area contributed by atoms with Gasteiger partial charge in [0.15, 0.2) is 0 Å². The summed E-state index contributed by atoms with van der Waals surface area (Å²) in [4.78, 5) is 15.6. The summed E-state index contributed by atoms with van der Waals surface area (Å²) in [6.45, 7) is 8.09. The van der Waals surface area contributed by atoms with Crippen LogP contribution in [0.15, 0.2) is 53.4 Å². The van der Waals surface area contributed by atoms with Crippen molar-refractivity contribution < 1.29 is 22.7 Å². The summed E-state index contributed by atoms with van der Waals surface area (Å²) in [6.07, 6.45) is 0.448. The Hall–Kier alpha value is -2.20. The molecule has 1 saturated heterocycles. The average Bonchev–Trinajstić information content (AvgIpc) is 3.34. The van der Waals surface area contributed by atoms with Gasteiger partial charge in [0.05, 0.1) is 23.1 Å². The van der Waals surface area contributed by atoms with Crippen LogP contribution in [0.3, 0.4) is 0 Å². The molecule has 33 heavy (non-hydrogen) atoms. The van der Waals surface area contributed by atoms with Crippen molar-refractivity contribution in [1.82, 2.24) is 4.31 Å². The summed E-state index contributed by atoms with van der Waals surface area (Å²) in [5.41, 5.74) is 0.827. The van der Waals surface area contributed by atoms with Crippen LogP contribution >= 0.6 is 0 Å². The third-order valence-corrected chi connectivity index (χ3v) is 10.1. The topological polar surface area (TPSA) is 76.2 Å². The molecular weight excluding hydrogens is 456 g/mol. The van der Waals surface area contributed by atoms with E-state index >= 15 is 0 Å². The van der Waals surface area contributed by atoms with Gasteiger partial charge in [0.2, 0.25) is 15.9 Å². The van der Waals surface area contributed by atoms with Crippen molar-refractivity contribution in [3.63, 3.8) is 0 Å². The molecule has 4 rings (SSSR count). The van der Waals surface area contributed by atoms with Gasteiger partial charge in [0.25, 0.3) is 0 Å². The predicted molar refractivity (Wildman–Crippen MR) is 131 cm³/mol. The van der Waals surface area contributed by atoms with Crippen molar-refractivity contribution in [1.29, 1.82) is 0 Å². The Bertz CT molecular complexity index is 1130. The zero-order chi connectivity index (χ0) is 23.9. The van der Waals surface area contributed by atoms with Gasteiger partial charge >= 0.3 is 0 Å². The van der Waals surface area contributed by atoms with E-state index in [1.807, 2.05) is 24.3 Å². The lowest BCUT2D eigenvalue weighted by molar-refractivity contribution is -0.123. The number of rotatable bonds is 8. The van der Waals surface area contributed by atoms with Crippen LogP contribution in [0.1, 0.15) is 12.0 Å². The van der Waals surface area contributed by atoms with Crippen LogP contribution in [0, 0.1) is 0 Å². The number of para-hydroxylation sites is 1. The minimum atomic E-state index is -3.73. The fourth-order valence-corrected chi connectivity index (χ4v) is 6.79. The smallest absolute Gasteiger partial charge is 0.243 e. The Morgan fingerprint density at radius 3 is 2.42 bits per heavy atom. The Balaban J connectivity index is 1.56. The van der Waals surface area contributed by atoms with E-state index in [9.17, 15) is 13.2 Å². The maximum absolute atomic E-state index is 13.7. The Kier molecular flexibility index (Phi) is 6.43. The maximum atomic E-state index is 13.7. The molecule has 2 aliphatic heterocycles. The highest BCUT2D eigenvalue weighted by molar-refractivity contribution is 7.89. The van der Waals surface area contributed by atoms with E-state index in [4.69, 9.17) is 9.47 Å². The largest absolute Gasteiger partial charge is 0.497 e. The van der Waals surface area contributed by atoms with E-state index in [0.717, 1.165) is 17.3 Å². The van der Waals surface area contributed by atoms with E-state index in [0.29, 0.717) is 25.3 Å². The number of hydrogen-bond donors (Lipinski definition) is 0. The zero-order valence-corrected chi connectivity index (χ0v) is 21.5. The molecule has 178 valence electrons. The van der Waals surface area contributed by atoms with E-state index in [1.54, 1.807) is 29.2 Å². The number of carbonyl (C=O) groups is 1. The first-order valence-corrected chi connectivity index (χ1v) is 16.4. The Labute approximate surface area is 197 Å². The molecule has 0 aliphatic carbocycles. The van der Waals surface area contributed by atoms with Crippen LogP contribution in [0.2, 0.25) is 25.7 Å². The number of carbonyl (C=O) groups excluding carboxylic acids is 1. The summed E-state index contributed by atoms with van der Waals surface area (Å²) in [7, 11) is -3.42. The van der Waals surface area contributed by atoms with E-state index in [1.165, 1.54) is 11.4 Å². The summed E-state index contributed by atoms with van der Waals surface area (Å²) < 4.78 is 39.1. The van der Waals surface area contributed by atoms with Gasteiger partial charge in [0.1, 0.15) is 12.5 Å². The van der Waals surface area contributed by atoms with Crippen LogP contribution in [0.4, 0.5) is 5.69 Å². The number of ether oxygens (including phenoxy) is 2. The van der Waals surface area contributed by atoms with Crippen LogP contribution in [0.25, 0.3) is 0 Å². The minimum Gasteiger partial charge on any atom is -0.497 e. The molecule has 0 radical (unpaired) electrons. The maximum Gasteiger partial charge on any atom is 0.243 e. The highest BCUT2D eigenvalue weighted by Crippen LogP contribution is 2.48. The molecule has 2 aliphatic rings. The minimum absolute atomic E-state index is 0.0795. The summed E-state index contributed by atoms with van der Waals surface area (Å²) in [5, 5.41) is 0.